The molecule has 1 aliphatic carbocycles. The van der Waals surface area contributed by atoms with E-state index in [2.05, 4.69) is 22.1 Å². The van der Waals surface area contributed by atoms with Gasteiger partial charge >= 0.3 is 0 Å². The lowest BCUT2D eigenvalue weighted by Crippen LogP contribution is -2.33. The van der Waals surface area contributed by atoms with Gasteiger partial charge in [0.1, 0.15) is 5.75 Å². The maximum absolute atomic E-state index is 9.67. The van der Waals surface area contributed by atoms with Gasteiger partial charge in [-0.2, -0.15) is 0 Å². The zero-order valence-corrected chi connectivity index (χ0v) is 11.3. The first kappa shape index (κ1) is 13.3. The number of aryl methyl sites for hydroxylation is 1. The van der Waals surface area contributed by atoms with E-state index in [1.165, 1.54) is 12.8 Å². The fraction of sp³-hybridized carbons (Fsp3) is 0.643. The molecule has 4 heteroatoms. The Kier molecular flexibility index (Phi) is 4.55. The van der Waals surface area contributed by atoms with Crippen molar-refractivity contribution in [2.75, 3.05) is 19.6 Å². The third kappa shape index (κ3) is 3.68. The monoisotopic (exact) mass is 249 g/mol. The van der Waals surface area contributed by atoms with Crippen molar-refractivity contribution in [3.8, 4) is 5.75 Å². The van der Waals surface area contributed by atoms with Crippen LogP contribution in [0.1, 0.15) is 31.2 Å². The highest BCUT2D eigenvalue weighted by atomic mass is 16.3. The number of nitrogens with zero attached hydrogens (tertiary/aromatic N) is 2. The normalized spacial score (nSPS) is 15.3. The molecular weight excluding hydrogens is 226 g/mol. The number of aromatic hydroxyl groups is 1. The van der Waals surface area contributed by atoms with Gasteiger partial charge in [-0.3, -0.25) is 9.88 Å². The number of rotatable bonds is 7. The highest BCUT2D eigenvalue weighted by Crippen LogP contribution is 2.25. The molecule has 0 aliphatic heterocycles. The molecule has 1 aromatic rings. The summed E-state index contributed by atoms with van der Waals surface area (Å²) in [4.78, 5) is 6.84. The number of hydrogen-bond donors (Lipinski definition) is 2. The van der Waals surface area contributed by atoms with Crippen LogP contribution in [-0.4, -0.2) is 40.7 Å². The molecule has 0 bridgehead atoms. The van der Waals surface area contributed by atoms with Crippen molar-refractivity contribution in [3.63, 3.8) is 0 Å². The second kappa shape index (κ2) is 6.16. The van der Waals surface area contributed by atoms with E-state index in [-0.39, 0.29) is 5.75 Å². The summed E-state index contributed by atoms with van der Waals surface area (Å²) in [5, 5.41) is 13.0. The predicted octanol–water partition coefficient (Wildman–Crippen LogP) is 1.67. The lowest BCUT2D eigenvalue weighted by atomic mass is 10.3. The molecule has 1 heterocycles. The average molecular weight is 249 g/mol. The summed E-state index contributed by atoms with van der Waals surface area (Å²) in [7, 11) is 0. The molecular formula is C14H23N3O. The molecule has 0 saturated heterocycles. The molecule has 2 rings (SSSR count). The van der Waals surface area contributed by atoms with Gasteiger partial charge in [0.15, 0.2) is 0 Å². The van der Waals surface area contributed by atoms with Crippen LogP contribution in [0.2, 0.25) is 0 Å². The molecule has 2 N–H and O–H groups in total. The van der Waals surface area contributed by atoms with E-state index >= 15 is 0 Å². The smallest absolute Gasteiger partial charge is 0.138 e. The fourth-order valence-corrected chi connectivity index (χ4v) is 2.20. The maximum atomic E-state index is 9.67. The molecule has 1 aromatic heterocycles. The summed E-state index contributed by atoms with van der Waals surface area (Å²) in [5.41, 5.74) is 1.68. The molecule has 1 aliphatic rings. The van der Waals surface area contributed by atoms with E-state index in [0.717, 1.165) is 37.1 Å². The first-order valence-corrected chi connectivity index (χ1v) is 6.81. The summed E-state index contributed by atoms with van der Waals surface area (Å²) < 4.78 is 0. The fourth-order valence-electron chi connectivity index (χ4n) is 2.20. The van der Waals surface area contributed by atoms with Crippen molar-refractivity contribution >= 4 is 0 Å². The molecule has 100 valence electrons. The van der Waals surface area contributed by atoms with Gasteiger partial charge in [-0.25, -0.2) is 0 Å². The SMILES string of the molecule is CCN(CCNCc1nc(C)ccc1O)C1CC1. The quantitative estimate of drug-likeness (QED) is 0.722. The lowest BCUT2D eigenvalue weighted by molar-refractivity contribution is 0.276. The van der Waals surface area contributed by atoms with Crippen molar-refractivity contribution in [1.29, 1.82) is 0 Å². The first-order valence-electron chi connectivity index (χ1n) is 6.81. The van der Waals surface area contributed by atoms with Crippen LogP contribution in [-0.2, 0) is 6.54 Å². The van der Waals surface area contributed by atoms with E-state index in [9.17, 15) is 5.11 Å². The van der Waals surface area contributed by atoms with Crippen LogP contribution in [0.15, 0.2) is 12.1 Å². The third-order valence-corrected chi connectivity index (χ3v) is 3.43. The van der Waals surface area contributed by atoms with Gasteiger partial charge in [0.2, 0.25) is 0 Å². The maximum Gasteiger partial charge on any atom is 0.138 e. The van der Waals surface area contributed by atoms with Crippen molar-refractivity contribution < 1.29 is 5.11 Å². The van der Waals surface area contributed by atoms with Crippen LogP contribution in [0.5, 0.6) is 5.75 Å². The van der Waals surface area contributed by atoms with Gasteiger partial charge < -0.3 is 10.4 Å². The predicted molar refractivity (Wildman–Crippen MR) is 72.6 cm³/mol. The zero-order chi connectivity index (χ0) is 13.0. The molecule has 0 spiro atoms. The molecule has 0 atom stereocenters. The molecule has 18 heavy (non-hydrogen) atoms. The van der Waals surface area contributed by atoms with E-state index in [1.807, 2.05) is 13.0 Å². The Labute approximate surface area is 109 Å². The van der Waals surface area contributed by atoms with Gasteiger partial charge in [-0.15, -0.1) is 0 Å². The molecule has 1 saturated carbocycles. The van der Waals surface area contributed by atoms with Gasteiger partial charge in [-0.1, -0.05) is 6.92 Å². The molecule has 0 unspecified atom stereocenters. The van der Waals surface area contributed by atoms with Crippen molar-refractivity contribution in [3.05, 3.63) is 23.5 Å². The molecule has 4 nitrogen and oxygen atoms in total. The summed E-state index contributed by atoms with van der Waals surface area (Å²) in [6.07, 6.45) is 2.71. The van der Waals surface area contributed by atoms with Gasteiger partial charge in [-0.05, 0) is 38.4 Å². The van der Waals surface area contributed by atoms with Crippen molar-refractivity contribution in [2.24, 2.45) is 0 Å². The summed E-state index contributed by atoms with van der Waals surface area (Å²) in [6.45, 7) is 7.93. The first-order chi connectivity index (χ1) is 8.70. The van der Waals surface area contributed by atoms with Crippen LogP contribution in [0.4, 0.5) is 0 Å². The Hall–Kier alpha value is -1.13. The summed E-state index contributed by atoms with van der Waals surface area (Å²) >= 11 is 0. The Morgan fingerprint density at radius 1 is 1.44 bits per heavy atom. The summed E-state index contributed by atoms with van der Waals surface area (Å²) in [6, 6.07) is 4.36. The third-order valence-electron chi connectivity index (χ3n) is 3.43. The van der Waals surface area contributed by atoms with E-state index in [0.29, 0.717) is 6.54 Å². The molecule has 0 radical (unpaired) electrons. The minimum atomic E-state index is 0.280. The molecule has 0 aromatic carbocycles. The Morgan fingerprint density at radius 2 is 2.22 bits per heavy atom. The Morgan fingerprint density at radius 3 is 2.89 bits per heavy atom. The number of aromatic nitrogens is 1. The lowest BCUT2D eigenvalue weighted by Gasteiger charge is -2.19. The standard InChI is InChI=1S/C14H23N3O/c1-3-17(12-5-6-12)9-8-15-10-13-14(18)7-4-11(2)16-13/h4,7,12,15,18H,3,5-6,8-10H2,1-2H3. The minimum Gasteiger partial charge on any atom is -0.506 e. The Bertz CT molecular complexity index is 391. The number of hydrogen-bond acceptors (Lipinski definition) is 4. The highest BCUT2D eigenvalue weighted by molar-refractivity contribution is 5.27. The number of pyridine rings is 1. The summed E-state index contributed by atoms with van der Waals surface area (Å²) in [5.74, 6) is 0.280. The topological polar surface area (TPSA) is 48.4 Å². The van der Waals surface area contributed by atoms with Crippen molar-refractivity contribution in [1.82, 2.24) is 15.2 Å². The minimum absolute atomic E-state index is 0.280. The molecule has 1 fully saturated rings. The second-order valence-electron chi connectivity index (χ2n) is 4.95. The molecule has 0 amide bonds. The van der Waals surface area contributed by atoms with E-state index in [1.54, 1.807) is 6.07 Å². The van der Waals surface area contributed by atoms with E-state index in [4.69, 9.17) is 0 Å². The van der Waals surface area contributed by atoms with Crippen LogP contribution < -0.4 is 5.32 Å². The van der Waals surface area contributed by atoms with Crippen molar-refractivity contribution in [2.45, 2.75) is 39.3 Å². The van der Waals surface area contributed by atoms with Gasteiger partial charge in [0.25, 0.3) is 0 Å². The van der Waals surface area contributed by atoms with E-state index < -0.39 is 0 Å². The van der Waals surface area contributed by atoms with Gasteiger partial charge in [0.05, 0.1) is 5.69 Å². The van der Waals surface area contributed by atoms with Crippen LogP contribution >= 0.6 is 0 Å². The van der Waals surface area contributed by atoms with Gasteiger partial charge in [0, 0.05) is 31.4 Å². The highest BCUT2D eigenvalue weighted by Gasteiger charge is 2.26. The number of nitrogens with one attached hydrogen (secondary N) is 1. The van der Waals surface area contributed by atoms with Crippen LogP contribution in [0.25, 0.3) is 0 Å². The average Bonchev–Trinajstić information content (AvgIpc) is 3.18. The zero-order valence-electron chi connectivity index (χ0n) is 11.3. The second-order valence-corrected chi connectivity index (χ2v) is 4.95. The van der Waals surface area contributed by atoms with Crippen LogP contribution in [0.3, 0.4) is 0 Å². The Balaban J connectivity index is 1.72. The largest absolute Gasteiger partial charge is 0.506 e. The number of likely N-dealkylation sites (N-methyl/N-ethyl adjacent to an activating group) is 1. The van der Waals surface area contributed by atoms with Crippen LogP contribution in [0, 0.1) is 6.92 Å².